The summed E-state index contributed by atoms with van der Waals surface area (Å²) in [6, 6.07) is 0. The maximum Gasteiger partial charge on any atom is 0.356 e. The Morgan fingerprint density at radius 1 is 0.833 bits per heavy atom. The number of nitrogens with zero attached hydrogens (tertiary/aromatic N) is 1. The predicted molar refractivity (Wildman–Crippen MR) is 66.8 cm³/mol. The fourth-order valence-corrected chi connectivity index (χ4v) is 0.811. The van der Waals surface area contributed by atoms with E-state index in [1.54, 1.807) is 0 Å². The zero-order valence-corrected chi connectivity index (χ0v) is 9.80. The van der Waals surface area contributed by atoms with Crippen LogP contribution in [0.1, 0.15) is 0 Å². The molecule has 0 unspecified atom stereocenters. The molecule has 2 amide bonds. The van der Waals surface area contributed by atoms with Crippen molar-refractivity contribution in [2.75, 3.05) is 0 Å². The molecule has 0 aromatic rings. The third kappa shape index (κ3) is 4.44. The van der Waals surface area contributed by atoms with E-state index in [0.29, 0.717) is 5.57 Å². The summed E-state index contributed by atoms with van der Waals surface area (Å²) in [6.07, 6.45) is 5.41. The van der Waals surface area contributed by atoms with Gasteiger partial charge in [0.15, 0.2) is 0 Å². The van der Waals surface area contributed by atoms with Crippen LogP contribution in [0.2, 0.25) is 0 Å². The summed E-state index contributed by atoms with van der Waals surface area (Å²) in [5, 5.41) is 0.268. The molecule has 0 spiro atoms. The largest absolute Gasteiger partial charge is 0.356 e. The summed E-state index contributed by atoms with van der Waals surface area (Å²) in [4.78, 5) is 38.5. The lowest BCUT2D eigenvalue weighted by atomic mass is 10.2. The van der Waals surface area contributed by atoms with Crippen molar-refractivity contribution in [3.8, 4) is 0 Å². The average Bonchev–Trinajstić information content (AvgIpc) is 2.40. The van der Waals surface area contributed by atoms with Gasteiger partial charge in [-0.2, -0.15) is 0 Å². The molecule has 0 rings (SSSR count). The standard InChI is InChI=1S/C13H13NO4/c1-5-10(6-2)9-12(16)14(11(15)7-3)18-13(17)8-4/h5-9H,1-4H2. The van der Waals surface area contributed by atoms with Crippen LogP contribution in [0.15, 0.2) is 62.3 Å². The van der Waals surface area contributed by atoms with Gasteiger partial charge in [0.1, 0.15) is 0 Å². The quantitative estimate of drug-likeness (QED) is 0.419. The number of hydrogen-bond acceptors (Lipinski definition) is 4. The molecule has 0 aliphatic carbocycles. The lowest BCUT2D eigenvalue weighted by molar-refractivity contribution is -0.194. The van der Waals surface area contributed by atoms with Gasteiger partial charge in [0, 0.05) is 12.2 Å². The van der Waals surface area contributed by atoms with Crippen molar-refractivity contribution in [2.45, 2.75) is 0 Å². The fourth-order valence-electron chi connectivity index (χ4n) is 0.811. The Bertz CT molecular complexity index is 436. The molecule has 5 nitrogen and oxygen atoms in total. The van der Waals surface area contributed by atoms with Crippen molar-refractivity contribution in [2.24, 2.45) is 0 Å². The van der Waals surface area contributed by atoms with Crippen LogP contribution in [0.5, 0.6) is 0 Å². The number of rotatable bonds is 5. The molecular formula is C13H13NO4. The second kappa shape index (κ2) is 7.56. The number of imide groups is 1. The van der Waals surface area contributed by atoms with Crippen molar-refractivity contribution in [1.82, 2.24) is 5.06 Å². The smallest absolute Gasteiger partial charge is 0.325 e. The van der Waals surface area contributed by atoms with Gasteiger partial charge in [0.2, 0.25) is 0 Å². The van der Waals surface area contributed by atoms with Crippen LogP contribution < -0.4 is 0 Å². The second-order valence-electron chi connectivity index (χ2n) is 2.84. The number of carbonyl (C=O) groups is 3. The summed E-state index contributed by atoms with van der Waals surface area (Å²) < 4.78 is 0. The summed E-state index contributed by atoms with van der Waals surface area (Å²) in [5.74, 6) is -2.67. The first kappa shape index (κ1) is 15.3. The van der Waals surface area contributed by atoms with Gasteiger partial charge in [-0.05, 0) is 11.6 Å². The van der Waals surface area contributed by atoms with Crippen LogP contribution in [0.3, 0.4) is 0 Å². The normalized spacial score (nSPS) is 8.44. The molecule has 0 aliphatic heterocycles. The molecule has 0 aromatic heterocycles. The first-order chi connectivity index (χ1) is 8.49. The van der Waals surface area contributed by atoms with Crippen molar-refractivity contribution >= 4 is 17.8 Å². The Kier molecular flexibility index (Phi) is 6.43. The van der Waals surface area contributed by atoms with Crippen LogP contribution in [0.4, 0.5) is 0 Å². The molecule has 5 heteroatoms. The molecule has 0 aromatic carbocycles. The van der Waals surface area contributed by atoms with Crippen molar-refractivity contribution in [1.29, 1.82) is 0 Å². The number of amides is 2. The van der Waals surface area contributed by atoms with Gasteiger partial charge in [-0.3, -0.25) is 9.59 Å². The van der Waals surface area contributed by atoms with Crippen molar-refractivity contribution < 1.29 is 19.2 Å². The number of hydrogen-bond donors (Lipinski definition) is 0. The third-order valence-electron chi connectivity index (χ3n) is 1.68. The highest BCUT2D eigenvalue weighted by Crippen LogP contribution is 2.03. The third-order valence-corrected chi connectivity index (χ3v) is 1.68. The van der Waals surface area contributed by atoms with Crippen molar-refractivity contribution in [3.05, 3.63) is 62.3 Å². The van der Waals surface area contributed by atoms with E-state index in [-0.39, 0.29) is 5.06 Å². The molecule has 0 aliphatic rings. The first-order valence-electron chi connectivity index (χ1n) is 4.81. The van der Waals surface area contributed by atoms with Crippen LogP contribution in [0, 0.1) is 0 Å². The van der Waals surface area contributed by atoms with Gasteiger partial charge < -0.3 is 4.84 Å². The number of allylic oxidation sites excluding steroid dienone is 3. The zero-order chi connectivity index (χ0) is 14.1. The highest BCUT2D eigenvalue weighted by molar-refractivity contribution is 6.05. The summed E-state index contributed by atoms with van der Waals surface area (Å²) in [6.45, 7) is 13.2. The Morgan fingerprint density at radius 2 is 1.39 bits per heavy atom. The molecule has 18 heavy (non-hydrogen) atoms. The average molecular weight is 247 g/mol. The summed E-state index contributed by atoms with van der Waals surface area (Å²) >= 11 is 0. The van der Waals surface area contributed by atoms with Crippen LogP contribution in [-0.2, 0) is 19.2 Å². The predicted octanol–water partition coefficient (Wildman–Crippen LogP) is 1.47. The van der Waals surface area contributed by atoms with E-state index in [9.17, 15) is 14.4 Å². The minimum absolute atomic E-state index is 0.268. The molecular weight excluding hydrogens is 234 g/mol. The van der Waals surface area contributed by atoms with Gasteiger partial charge in [0.05, 0.1) is 0 Å². The second-order valence-corrected chi connectivity index (χ2v) is 2.84. The minimum atomic E-state index is -0.939. The van der Waals surface area contributed by atoms with Crippen LogP contribution in [-0.4, -0.2) is 22.8 Å². The van der Waals surface area contributed by atoms with Gasteiger partial charge >= 0.3 is 5.97 Å². The van der Waals surface area contributed by atoms with E-state index in [1.807, 2.05) is 0 Å². The van der Waals surface area contributed by atoms with E-state index >= 15 is 0 Å². The van der Waals surface area contributed by atoms with Crippen molar-refractivity contribution in [3.63, 3.8) is 0 Å². The molecule has 0 heterocycles. The van der Waals surface area contributed by atoms with Gasteiger partial charge in [0.25, 0.3) is 11.8 Å². The van der Waals surface area contributed by atoms with E-state index in [0.717, 1.165) is 18.2 Å². The molecule has 0 saturated carbocycles. The molecule has 94 valence electrons. The molecule has 0 fully saturated rings. The molecule has 0 radical (unpaired) electrons. The number of carbonyl (C=O) groups excluding carboxylic acids is 3. The molecule has 0 bridgehead atoms. The van der Waals surface area contributed by atoms with Crippen LogP contribution in [0.25, 0.3) is 0 Å². The minimum Gasteiger partial charge on any atom is -0.325 e. The Labute approximate surface area is 105 Å². The molecule has 0 saturated heterocycles. The molecule has 0 N–H and O–H groups in total. The lowest BCUT2D eigenvalue weighted by Crippen LogP contribution is -2.36. The summed E-state index contributed by atoms with van der Waals surface area (Å²) in [7, 11) is 0. The van der Waals surface area contributed by atoms with E-state index < -0.39 is 17.8 Å². The maximum atomic E-state index is 11.7. The van der Waals surface area contributed by atoms with E-state index in [2.05, 4.69) is 31.2 Å². The first-order valence-corrected chi connectivity index (χ1v) is 4.81. The fraction of sp³-hybridized carbons (Fsp3) is 0. The SMILES string of the molecule is C=CC(=O)ON(C(=O)C=C)C(=O)C=C(C=C)C=C. The van der Waals surface area contributed by atoms with E-state index in [1.165, 1.54) is 12.2 Å². The monoisotopic (exact) mass is 247 g/mol. The van der Waals surface area contributed by atoms with Crippen LogP contribution >= 0.6 is 0 Å². The Hall–Kier alpha value is -2.69. The lowest BCUT2D eigenvalue weighted by Gasteiger charge is -2.15. The van der Waals surface area contributed by atoms with Gasteiger partial charge in [-0.15, -0.1) is 0 Å². The highest BCUT2D eigenvalue weighted by Gasteiger charge is 2.21. The van der Waals surface area contributed by atoms with E-state index in [4.69, 9.17) is 0 Å². The zero-order valence-electron chi connectivity index (χ0n) is 9.80. The highest BCUT2D eigenvalue weighted by atomic mass is 16.7. The Morgan fingerprint density at radius 3 is 1.78 bits per heavy atom. The van der Waals surface area contributed by atoms with Gasteiger partial charge in [-0.1, -0.05) is 43.5 Å². The summed E-state index contributed by atoms with van der Waals surface area (Å²) in [5.41, 5.74) is 0.372. The maximum absolute atomic E-state index is 11.7. The topological polar surface area (TPSA) is 63.7 Å². The van der Waals surface area contributed by atoms with Gasteiger partial charge in [-0.25, -0.2) is 4.79 Å². The Balaban J connectivity index is 5.19. The molecule has 0 atom stereocenters. The number of hydroxylamine groups is 2.